The van der Waals surface area contributed by atoms with Gasteiger partial charge in [0.2, 0.25) is 0 Å². The van der Waals surface area contributed by atoms with Crippen molar-refractivity contribution in [3.63, 3.8) is 0 Å². The number of unbranched alkanes of at least 4 members (excludes halogenated alkanes) is 5. The van der Waals surface area contributed by atoms with Crippen LogP contribution in [0.3, 0.4) is 0 Å². The summed E-state index contributed by atoms with van der Waals surface area (Å²) in [4.78, 5) is 0. The fourth-order valence-corrected chi connectivity index (χ4v) is 2.94. The number of rotatable bonds is 13. The predicted octanol–water partition coefficient (Wildman–Crippen LogP) is 6.47. The largest absolute Gasteiger partial charge is 0.494 e. The molecule has 0 aliphatic rings. The SMILES string of the molecule is CCCCCCCCNc1cccc(OCCCc2ccccc2)c1. The van der Waals surface area contributed by atoms with Crippen molar-refractivity contribution in [1.29, 1.82) is 0 Å². The molecule has 0 saturated carbocycles. The highest BCUT2D eigenvalue weighted by atomic mass is 16.5. The summed E-state index contributed by atoms with van der Waals surface area (Å²) in [5.41, 5.74) is 2.54. The number of benzene rings is 2. The Labute approximate surface area is 153 Å². The lowest BCUT2D eigenvalue weighted by Crippen LogP contribution is -2.03. The van der Waals surface area contributed by atoms with Gasteiger partial charge >= 0.3 is 0 Å². The van der Waals surface area contributed by atoms with Crippen LogP contribution in [0.2, 0.25) is 0 Å². The fourth-order valence-electron chi connectivity index (χ4n) is 2.94. The maximum absolute atomic E-state index is 5.90. The number of nitrogens with one attached hydrogen (secondary N) is 1. The summed E-state index contributed by atoms with van der Waals surface area (Å²) in [7, 11) is 0. The van der Waals surface area contributed by atoms with Crippen molar-refractivity contribution in [2.45, 2.75) is 58.3 Å². The molecule has 0 aromatic heterocycles. The van der Waals surface area contributed by atoms with Crippen LogP contribution in [0.15, 0.2) is 54.6 Å². The molecule has 2 rings (SSSR count). The second kappa shape index (κ2) is 12.4. The van der Waals surface area contributed by atoms with E-state index in [1.165, 1.54) is 44.1 Å². The van der Waals surface area contributed by atoms with Crippen LogP contribution in [0.25, 0.3) is 0 Å². The van der Waals surface area contributed by atoms with Gasteiger partial charge in [0.15, 0.2) is 0 Å². The highest BCUT2D eigenvalue weighted by molar-refractivity contribution is 5.48. The molecule has 0 bridgehead atoms. The van der Waals surface area contributed by atoms with Crippen LogP contribution < -0.4 is 10.1 Å². The lowest BCUT2D eigenvalue weighted by Gasteiger charge is -2.10. The lowest BCUT2D eigenvalue weighted by atomic mass is 10.1. The Morgan fingerprint density at radius 2 is 1.60 bits per heavy atom. The van der Waals surface area contributed by atoms with Crippen LogP contribution in [0.1, 0.15) is 57.4 Å². The summed E-state index contributed by atoms with van der Waals surface area (Å²) >= 11 is 0. The Hall–Kier alpha value is -1.96. The van der Waals surface area contributed by atoms with Crippen molar-refractivity contribution in [3.8, 4) is 5.75 Å². The summed E-state index contributed by atoms with van der Waals surface area (Å²) in [5.74, 6) is 0.959. The van der Waals surface area contributed by atoms with Gasteiger partial charge in [0.05, 0.1) is 6.61 Å². The van der Waals surface area contributed by atoms with Gasteiger partial charge in [-0.3, -0.25) is 0 Å². The molecule has 2 nitrogen and oxygen atoms in total. The van der Waals surface area contributed by atoms with Crippen LogP contribution in [-0.4, -0.2) is 13.2 Å². The minimum Gasteiger partial charge on any atom is -0.494 e. The van der Waals surface area contributed by atoms with E-state index in [1.54, 1.807) is 0 Å². The average molecular weight is 340 g/mol. The third-order valence-electron chi connectivity index (χ3n) is 4.41. The Morgan fingerprint density at radius 3 is 2.44 bits per heavy atom. The van der Waals surface area contributed by atoms with E-state index < -0.39 is 0 Å². The molecule has 0 aliphatic carbocycles. The van der Waals surface area contributed by atoms with E-state index >= 15 is 0 Å². The first-order valence-electron chi connectivity index (χ1n) is 9.89. The monoisotopic (exact) mass is 339 g/mol. The molecule has 1 N–H and O–H groups in total. The first-order chi connectivity index (χ1) is 12.4. The second-order valence-corrected chi connectivity index (χ2v) is 6.66. The summed E-state index contributed by atoms with van der Waals surface area (Å²) in [6.07, 6.45) is 10.1. The van der Waals surface area contributed by atoms with Crippen molar-refractivity contribution >= 4 is 5.69 Å². The molecule has 0 radical (unpaired) electrons. The number of hydrogen-bond acceptors (Lipinski definition) is 2. The van der Waals surface area contributed by atoms with Gasteiger partial charge in [0.25, 0.3) is 0 Å². The van der Waals surface area contributed by atoms with Gasteiger partial charge < -0.3 is 10.1 Å². The third-order valence-corrected chi connectivity index (χ3v) is 4.41. The molecule has 136 valence electrons. The van der Waals surface area contributed by atoms with Crippen LogP contribution in [0.5, 0.6) is 5.75 Å². The molecule has 0 unspecified atom stereocenters. The smallest absolute Gasteiger partial charge is 0.121 e. The average Bonchev–Trinajstić information content (AvgIpc) is 2.66. The number of aryl methyl sites for hydroxylation is 1. The van der Waals surface area contributed by atoms with Crippen molar-refractivity contribution in [1.82, 2.24) is 0 Å². The molecule has 0 heterocycles. The van der Waals surface area contributed by atoms with Crippen LogP contribution in [0.4, 0.5) is 5.69 Å². The molecular formula is C23H33NO. The van der Waals surface area contributed by atoms with E-state index in [0.29, 0.717) is 0 Å². The minimum atomic E-state index is 0.760. The topological polar surface area (TPSA) is 21.3 Å². The second-order valence-electron chi connectivity index (χ2n) is 6.66. The quantitative estimate of drug-likeness (QED) is 0.422. The molecule has 2 aromatic carbocycles. The maximum Gasteiger partial charge on any atom is 0.121 e. The summed E-state index contributed by atoms with van der Waals surface area (Å²) in [6, 6.07) is 18.9. The normalized spacial score (nSPS) is 10.6. The maximum atomic E-state index is 5.90. The van der Waals surface area contributed by atoms with Crippen LogP contribution in [0, 0.1) is 0 Å². The van der Waals surface area contributed by atoms with Gasteiger partial charge in [-0.05, 0) is 37.0 Å². The number of hydrogen-bond donors (Lipinski definition) is 1. The van der Waals surface area contributed by atoms with E-state index in [1.807, 2.05) is 6.07 Å². The Kier molecular flexibility index (Phi) is 9.61. The lowest BCUT2D eigenvalue weighted by molar-refractivity contribution is 0.311. The highest BCUT2D eigenvalue weighted by Gasteiger charge is 1.98. The Bertz CT molecular complexity index is 567. The molecule has 0 saturated heterocycles. The number of ether oxygens (including phenoxy) is 1. The van der Waals surface area contributed by atoms with Gasteiger partial charge in [0, 0.05) is 18.3 Å². The first-order valence-corrected chi connectivity index (χ1v) is 9.89. The zero-order valence-corrected chi connectivity index (χ0v) is 15.7. The van der Waals surface area contributed by atoms with Crippen LogP contribution >= 0.6 is 0 Å². The molecule has 0 aliphatic heterocycles. The van der Waals surface area contributed by atoms with Crippen molar-refractivity contribution < 1.29 is 4.74 Å². The van der Waals surface area contributed by atoms with E-state index in [4.69, 9.17) is 4.74 Å². The molecule has 0 amide bonds. The van der Waals surface area contributed by atoms with Gasteiger partial charge in [-0.15, -0.1) is 0 Å². The van der Waals surface area contributed by atoms with E-state index in [0.717, 1.165) is 37.4 Å². The van der Waals surface area contributed by atoms with Gasteiger partial charge in [-0.2, -0.15) is 0 Å². The molecule has 0 fully saturated rings. The predicted molar refractivity (Wildman–Crippen MR) is 109 cm³/mol. The van der Waals surface area contributed by atoms with Crippen LogP contribution in [-0.2, 0) is 6.42 Å². The molecule has 2 heteroatoms. The summed E-state index contributed by atoms with van der Waals surface area (Å²) in [5, 5.41) is 3.51. The summed E-state index contributed by atoms with van der Waals surface area (Å²) < 4.78 is 5.90. The molecule has 2 aromatic rings. The van der Waals surface area contributed by atoms with Gasteiger partial charge in [-0.1, -0.05) is 75.4 Å². The Morgan fingerprint density at radius 1 is 0.800 bits per heavy atom. The molecule has 0 atom stereocenters. The summed E-state index contributed by atoms with van der Waals surface area (Å²) in [6.45, 7) is 4.07. The van der Waals surface area contributed by atoms with Crippen molar-refractivity contribution in [3.05, 3.63) is 60.2 Å². The third kappa shape index (κ3) is 8.62. The molecule has 25 heavy (non-hydrogen) atoms. The highest BCUT2D eigenvalue weighted by Crippen LogP contribution is 2.18. The minimum absolute atomic E-state index is 0.760. The van der Waals surface area contributed by atoms with E-state index in [9.17, 15) is 0 Å². The van der Waals surface area contributed by atoms with E-state index in [-0.39, 0.29) is 0 Å². The van der Waals surface area contributed by atoms with Gasteiger partial charge in [0.1, 0.15) is 5.75 Å². The number of anilines is 1. The standard InChI is InChI=1S/C23H33NO/c1-2-3-4-5-6-10-18-24-22-16-11-17-23(20-22)25-19-12-15-21-13-8-7-9-14-21/h7-9,11,13-14,16-17,20,24H,2-6,10,12,15,18-19H2,1H3. The molecular weight excluding hydrogens is 306 g/mol. The zero-order valence-electron chi connectivity index (χ0n) is 15.7. The molecule has 0 spiro atoms. The first kappa shape index (κ1) is 19.4. The van der Waals surface area contributed by atoms with Crippen molar-refractivity contribution in [2.24, 2.45) is 0 Å². The van der Waals surface area contributed by atoms with E-state index in [2.05, 4.69) is 60.8 Å². The zero-order chi connectivity index (χ0) is 17.6. The fraction of sp³-hybridized carbons (Fsp3) is 0.478. The van der Waals surface area contributed by atoms with Gasteiger partial charge in [-0.25, -0.2) is 0 Å². The van der Waals surface area contributed by atoms with Crippen molar-refractivity contribution in [2.75, 3.05) is 18.5 Å². The Balaban J connectivity index is 1.60.